The quantitative estimate of drug-likeness (QED) is 0.457. The van der Waals surface area contributed by atoms with Crippen LogP contribution in [0.4, 0.5) is 0 Å². The largest absolute Gasteiger partial charge is 0.494 e. The van der Waals surface area contributed by atoms with Gasteiger partial charge in [-0.25, -0.2) is 0 Å². The van der Waals surface area contributed by atoms with E-state index in [-0.39, 0.29) is 0 Å². The lowest BCUT2D eigenvalue weighted by Gasteiger charge is -2.07. The van der Waals surface area contributed by atoms with Gasteiger partial charge in [-0.2, -0.15) is 0 Å². The van der Waals surface area contributed by atoms with Crippen LogP contribution in [-0.4, -0.2) is 11.0 Å². The fraction of sp³-hybridized carbons (Fsp3) is 0.385. The van der Waals surface area contributed by atoms with E-state index >= 15 is 0 Å². The molecule has 0 fully saturated rings. The van der Waals surface area contributed by atoms with Crippen molar-refractivity contribution in [3.8, 4) is 5.75 Å². The number of halogens is 2. The van der Waals surface area contributed by atoms with Crippen LogP contribution in [0.2, 0.25) is 0 Å². The zero-order valence-electron chi connectivity index (χ0n) is 9.59. The Hall–Kier alpha value is 0.220. The summed E-state index contributed by atoms with van der Waals surface area (Å²) in [6.45, 7) is 4.91. The molecule has 0 aliphatic carbocycles. The molecular weight excluding hydrogens is 426 g/mol. The Labute approximate surface area is 125 Å². The topological polar surface area (TPSA) is 9.23 Å². The molecule has 0 heterocycles. The minimum atomic E-state index is 0.723. The SMILES string of the molecule is CCOc1ccc(C(C)=C(I)CCI)cc1. The van der Waals surface area contributed by atoms with Gasteiger partial charge in [0.2, 0.25) is 0 Å². The molecule has 1 rings (SSSR count). The molecule has 0 unspecified atom stereocenters. The van der Waals surface area contributed by atoms with E-state index < -0.39 is 0 Å². The lowest BCUT2D eigenvalue weighted by atomic mass is 10.1. The Bertz CT molecular complexity index is 355. The van der Waals surface area contributed by atoms with Crippen LogP contribution in [0.25, 0.3) is 5.57 Å². The van der Waals surface area contributed by atoms with Gasteiger partial charge in [0.1, 0.15) is 5.75 Å². The van der Waals surface area contributed by atoms with E-state index in [9.17, 15) is 0 Å². The third kappa shape index (κ3) is 4.24. The minimum absolute atomic E-state index is 0.723. The van der Waals surface area contributed by atoms with Crippen LogP contribution in [0.15, 0.2) is 27.8 Å². The van der Waals surface area contributed by atoms with Gasteiger partial charge in [-0.05, 0) is 69.7 Å². The molecule has 0 N–H and O–H groups in total. The van der Waals surface area contributed by atoms with Crippen LogP contribution >= 0.6 is 45.2 Å². The first-order valence-electron chi connectivity index (χ1n) is 5.33. The predicted octanol–water partition coefficient (Wildman–Crippen LogP) is 5.08. The molecule has 16 heavy (non-hydrogen) atoms. The maximum atomic E-state index is 5.43. The maximum Gasteiger partial charge on any atom is 0.119 e. The normalized spacial score (nSPS) is 12.2. The summed E-state index contributed by atoms with van der Waals surface area (Å²) in [5, 5.41) is 0. The molecule has 0 aromatic heterocycles. The summed E-state index contributed by atoms with van der Waals surface area (Å²) in [6.07, 6.45) is 1.15. The Morgan fingerprint density at radius 1 is 1.25 bits per heavy atom. The highest BCUT2D eigenvalue weighted by molar-refractivity contribution is 14.1. The van der Waals surface area contributed by atoms with Crippen LogP contribution in [0, 0.1) is 0 Å². The first kappa shape index (κ1) is 14.3. The fourth-order valence-corrected chi connectivity index (χ4v) is 3.55. The van der Waals surface area contributed by atoms with E-state index in [1.54, 1.807) is 0 Å². The molecule has 1 aromatic rings. The molecule has 3 heteroatoms. The molecule has 0 aliphatic rings. The molecule has 0 bridgehead atoms. The van der Waals surface area contributed by atoms with Gasteiger partial charge in [-0.3, -0.25) is 0 Å². The summed E-state index contributed by atoms with van der Waals surface area (Å²) in [5.74, 6) is 0.947. The zero-order chi connectivity index (χ0) is 12.0. The number of benzene rings is 1. The highest BCUT2D eigenvalue weighted by Crippen LogP contribution is 2.27. The predicted molar refractivity (Wildman–Crippen MR) is 87.7 cm³/mol. The second-order valence-corrected chi connectivity index (χ2v) is 5.81. The molecule has 1 aromatic carbocycles. The van der Waals surface area contributed by atoms with Crippen molar-refractivity contribution in [1.82, 2.24) is 0 Å². The first-order chi connectivity index (χ1) is 7.69. The second-order valence-electron chi connectivity index (χ2n) is 3.43. The molecule has 0 radical (unpaired) electrons. The Balaban J connectivity index is 2.84. The van der Waals surface area contributed by atoms with Gasteiger partial charge in [0, 0.05) is 4.43 Å². The van der Waals surface area contributed by atoms with Gasteiger partial charge in [-0.1, -0.05) is 34.7 Å². The van der Waals surface area contributed by atoms with Crippen LogP contribution in [0.3, 0.4) is 0 Å². The standard InChI is InChI=1S/C13H16I2O/c1-3-16-12-6-4-11(5-7-12)10(2)13(15)8-9-14/h4-7H,3,8-9H2,1-2H3. The second kappa shape index (κ2) is 7.53. The molecular formula is C13H16I2O. The maximum absolute atomic E-state index is 5.43. The third-order valence-corrected chi connectivity index (χ3v) is 4.21. The van der Waals surface area contributed by atoms with Crippen LogP contribution in [0.1, 0.15) is 25.8 Å². The molecule has 0 saturated carbocycles. The minimum Gasteiger partial charge on any atom is -0.494 e. The fourth-order valence-electron chi connectivity index (χ4n) is 1.39. The summed E-state index contributed by atoms with van der Waals surface area (Å²) >= 11 is 4.85. The number of allylic oxidation sites excluding steroid dienone is 2. The van der Waals surface area contributed by atoms with Gasteiger partial charge < -0.3 is 4.74 Å². The van der Waals surface area contributed by atoms with E-state index in [1.807, 2.05) is 19.1 Å². The Morgan fingerprint density at radius 3 is 2.38 bits per heavy atom. The molecule has 0 amide bonds. The first-order valence-corrected chi connectivity index (χ1v) is 7.94. The van der Waals surface area contributed by atoms with Crippen molar-refractivity contribution in [1.29, 1.82) is 0 Å². The number of ether oxygens (including phenoxy) is 1. The Morgan fingerprint density at radius 2 is 1.88 bits per heavy atom. The van der Waals surface area contributed by atoms with E-state index in [2.05, 4.69) is 64.2 Å². The highest BCUT2D eigenvalue weighted by atomic mass is 127. The van der Waals surface area contributed by atoms with Crippen molar-refractivity contribution < 1.29 is 4.74 Å². The number of alkyl halides is 1. The van der Waals surface area contributed by atoms with Gasteiger partial charge in [0.05, 0.1) is 6.61 Å². The van der Waals surface area contributed by atoms with Crippen molar-refractivity contribution in [2.24, 2.45) is 0 Å². The summed E-state index contributed by atoms with van der Waals surface area (Å²) in [7, 11) is 0. The van der Waals surface area contributed by atoms with Crippen LogP contribution in [0.5, 0.6) is 5.75 Å². The van der Waals surface area contributed by atoms with Gasteiger partial charge >= 0.3 is 0 Å². The smallest absolute Gasteiger partial charge is 0.119 e. The summed E-state index contributed by atoms with van der Waals surface area (Å²) < 4.78 is 8.04. The molecule has 0 atom stereocenters. The molecule has 1 nitrogen and oxygen atoms in total. The lowest BCUT2D eigenvalue weighted by Crippen LogP contribution is -1.91. The van der Waals surface area contributed by atoms with E-state index in [0.717, 1.165) is 18.8 Å². The zero-order valence-corrected chi connectivity index (χ0v) is 13.9. The Kier molecular flexibility index (Phi) is 6.72. The van der Waals surface area contributed by atoms with Crippen molar-refractivity contribution in [2.45, 2.75) is 20.3 Å². The molecule has 0 aliphatic heterocycles. The van der Waals surface area contributed by atoms with Crippen molar-refractivity contribution in [3.05, 3.63) is 33.4 Å². The van der Waals surface area contributed by atoms with Crippen LogP contribution < -0.4 is 4.74 Å². The summed E-state index contributed by atoms with van der Waals surface area (Å²) in [6, 6.07) is 8.34. The third-order valence-electron chi connectivity index (χ3n) is 2.32. The van der Waals surface area contributed by atoms with Crippen molar-refractivity contribution in [2.75, 3.05) is 11.0 Å². The van der Waals surface area contributed by atoms with Crippen molar-refractivity contribution in [3.63, 3.8) is 0 Å². The monoisotopic (exact) mass is 442 g/mol. The van der Waals surface area contributed by atoms with Gasteiger partial charge in [-0.15, -0.1) is 0 Å². The molecule has 88 valence electrons. The summed E-state index contributed by atoms with van der Waals surface area (Å²) in [4.78, 5) is 0. The van der Waals surface area contributed by atoms with Crippen molar-refractivity contribution >= 4 is 50.8 Å². The van der Waals surface area contributed by atoms with Gasteiger partial charge in [0.15, 0.2) is 0 Å². The molecule has 0 spiro atoms. The van der Waals surface area contributed by atoms with E-state index in [0.29, 0.717) is 0 Å². The van der Waals surface area contributed by atoms with E-state index in [4.69, 9.17) is 4.74 Å². The van der Waals surface area contributed by atoms with Gasteiger partial charge in [0.25, 0.3) is 0 Å². The average Bonchev–Trinajstić information content (AvgIpc) is 2.30. The average molecular weight is 442 g/mol. The number of hydrogen-bond acceptors (Lipinski definition) is 1. The summed E-state index contributed by atoms with van der Waals surface area (Å²) in [5.41, 5.74) is 2.66. The highest BCUT2D eigenvalue weighted by Gasteiger charge is 2.02. The molecule has 0 saturated heterocycles. The lowest BCUT2D eigenvalue weighted by molar-refractivity contribution is 0.340. The van der Waals surface area contributed by atoms with E-state index in [1.165, 1.54) is 19.1 Å². The van der Waals surface area contributed by atoms with Crippen LogP contribution in [-0.2, 0) is 0 Å². The number of rotatable bonds is 5. The number of hydrogen-bond donors (Lipinski definition) is 0.